The molecule has 2 amide bonds. The van der Waals surface area contributed by atoms with Gasteiger partial charge in [-0.15, -0.1) is 10.2 Å². The molecule has 37 heavy (non-hydrogen) atoms. The Morgan fingerprint density at radius 2 is 1.57 bits per heavy atom. The maximum Gasteiger partial charge on any atom is 0.252 e. The average Bonchev–Trinajstić information content (AvgIpc) is 3.35. The number of anilines is 1. The van der Waals surface area contributed by atoms with Crippen LogP contribution < -0.4 is 10.6 Å². The van der Waals surface area contributed by atoms with Crippen LogP contribution in [0.2, 0.25) is 0 Å². The number of carbonyl (C=O) groups is 2. The standard InChI is InChI=1S/C28H22FN5O2S/c29-23-15-6-7-16-24(23)31-26(35)18-37-28-33-32-25(34(28)20-11-2-1-3-12-20)17-30-27(36)22-14-8-10-19-9-4-5-13-21(19)22/h1-16H,17-18H2,(H,30,36)(H,31,35). The maximum absolute atomic E-state index is 13.9. The monoisotopic (exact) mass is 511 g/mol. The molecule has 0 saturated carbocycles. The van der Waals surface area contributed by atoms with Gasteiger partial charge in [-0.2, -0.15) is 0 Å². The number of amides is 2. The van der Waals surface area contributed by atoms with Gasteiger partial charge < -0.3 is 10.6 Å². The molecule has 0 spiro atoms. The summed E-state index contributed by atoms with van der Waals surface area (Å²) in [7, 11) is 0. The molecule has 0 radical (unpaired) electrons. The van der Waals surface area contributed by atoms with E-state index >= 15 is 0 Å². The minimum absolute atomic E-state index is 0.00165. The molecule has 0 saturated heterocycles. The first-order valence-corrected chi connectivity index (χ1v) is 12.5. The molecule has 0 aliphatic rings. The highest BCUT2D eigenvalue weighted by Crippen LogP contribution is 2.23. The number of para-hydroxylation sites is 2. The molecule has 4 aromatic carbocycles. The van der Waals surface area contributed by atoms with E-state index in [2.05, 4.69) is 20.8 Å². The van der Waals surface area contributed by atoms with Crippen molar-refractivity contribution in [1.29, 1.82) is 0 Å². The zero-order valence-electron chi connectivity index (χ0n) is 19.6. The molecule has 0 unspecified atom stereocenters. The molecule has 5 rings (SSSR count). The number of hydrogen-bond donors (Lipinski definition) is 2. The number of rotatable bonds is 8. The van der Waals surface area contributed by atoms with Gasteiger partial charge in [-0.3, -0.25) is 14.2 Å². The number of halogens is 1. The SMILES string of the molecule is O=C(CSc1nnc(CNC(=O)c2cccc3ccccc23)n1-c1ccccc1)Nc1ccccc1F. The van der Waals surface area contributed by atoms with E-state index in [4.69, 9.17) is 0 Å². The number of benzene rings is 4. The van der Waals surface area contributed by atoms with Gasteiger partial charge in [0.25, 0.3) is 5.91 Å². The first kappa shape index (κ1) is 24.2. The second kappa shape index (κ2) is 11.0. The van der Waals surface area contributed by atoms with Crippen LogP contribution in [-0.4, -0.2) is 32.3 Å². The first-order chi connectivity index (χ1) is 18.1. The van der Waals surface area contributed by atoms with Crippen LogP contribution in [0.4, 0.5) is 10.1 Å². The van der Waals surface area contributed by atoms with Crippen LogP contribution in [0, 0.1) is 5.82 Å². The molecule has 0 atom stereocenters. The van der Waals surface area contributed by atoms with Crippen molar-refractivity contribution < 1.29 is 14.0 Å². The highest BCUT2D eigenvalue weighted by Gasteiger charge is 2.18. The van der Waals surface area contributed by atoms with Crippen LogP contribution in [0.1, 0.15) is 16.2 Å². The smallest absolute Gasteiger partial charge is 0.252 e. The summed E-state index contributed by atoms with van der Waals surface area (Å²) in [6, 6.07) is 28.7. The third-order valence-corrected chi connectivity index (χ3v) is 6.57. The summed E-state index contributed by atoms with van der Waals surface area (Å²) >= 11 is 1.17. The van der Waals surface area contributed by atoms with Gasteiger partial charge in [0.15, 0.2) is 11.0 Å². The fraction of sp³-hybridized carbons (Fsp3) is 0.0714. The Kier molecular flexibility index (Phi) is 7.23. The molecule has 0 aliphatic carbocycles. The molecule has 1 aromatic heterocycles. The second-order valence-electron chi connectivity index (χ2n) is 8.10. The number of carbonyl (C=O) groups excluding carboxylic acids is 2. The van der Waals surface area contributed by atoms with E-state index < -0.39 is 5.82 Å². The quantitative estimate of drug-likeness (QED) is 0.279. The fourth-order valence-electron chi connectivity index (χ4n) is 3.90. The van der Waals surface area contributed by atoms with Gasteiger partial charge in [-0.25, -0.2) is 4.39 Å². The Bertz CT molecular complexity index is 1570. The van der Waals surface area contributed by atoms with Gasteiger partial charge in [0.2, 0.25) is 5.91 Å². The van der Waals surface area contributed by atoms with E-state index in [9.17, 15) is 14.0 Å². The van der Waals surface area contributed by atoms with E-state index in [1.54, 1.807) is 22.8 Å². The minimum Gasteiger partial charge on any atom is -0.345 e. The summed E-state index contributed by atoms with van der Waals surface area (Å²) < 4.78 is 15.7. The van der Waals surface area contributed by atoms with Crippen LogP contribution in [-0.2, 0) is 11.3 Å². The molecule has 0 bridgehead atoms. The van der Waals surface area contributed by atoms with Gasteiger partial charge in [0, 0.05) is 11.3 Å². The normalized spacial score (nSPS) is 10.8. The summed E-state index contributed by atoms with van der Waals surface area (Å²) in [5, 5.41) is 16.4. The average molecular weight is 512 g/mol. The van der Waals surface area contributed by atoms with E-state index in [0.29, 0.717) is 16.5 Å². The number of nitrogens with one attached hydrogen (secondary N) is 2. The minimum atomic E-state index is -0.502. The molecule has 1 heterocycles. The van der Waals surface area contributed by atoms with Crippen LogP contribution in [0.15, 0.2) is 102 Å². The van der Waals surface area contributed by atoms with Crippen molar-refractivity contribution in [1.82, 2.24) is 20.1 Å². The Labute approximate surface area is 216 Å². The number of hydrogen-bond acceptors (Lipinski definition) is 5. The molecule has 7 nitrogen and oxygen atoms in total. The third kappa shape index (κ3) is 5.52. The van der Waals surface area contributed by atoms with Crippen molar-refractivity contribution in [3.8, 4) is 5.69 Å². The Hall–Kier alpha value is -4.50. The topological polar surface area (TPSA) is 88.9 Å². The van der Waals surface area contributed by atoms with E-state index in [-0.39, 0.29) is 29.8 Å². The molecule has 9 heteroatoms. The maximum atomic E-state index is 13.9. The summed E-state index contributed by atoms with van der Waals surface area (Å²) in [5.74, 6) is -0.586. The third-order valence-electron chi connectivity index (χ3n) is 5.64. The predicted molar refractivity (Wildman–Crippen MR) is 142 cm³/mol. The van der Waals surface area contributed by atoms with Crippen molar-refractivity contribution in [2.45, 2.75) is 11.7 Å². The number of nitrogens with zero attached hydrogens (tertiary/aromatic N) is 3. The van der Waals surface area contributed by atoms with Gasteiger partial charge >= 0.3 is 0 Å². The lowest BCUT2D eigenvalue weighted by molar-refractivity contribution is -0.113. The summed E-state index contributed by atoms with van der Waals surface area (Å²) in [4.78, 5) is 25.5. The molecular formula is C28H22FN5O2S. The van der Waals surface area contributed by atoms with Gasteiger partial charge in [0.1, 0.15) is 5.82 Å². The second-order valence-corrected chi connectivity index (χ2v) is 9.04. The fourth-order valence-corrected chi connectivity index (χ4v) is 4.67. The van der Waals surface area contributed by atoms with E-state index in [1.807, 2.05) is 66.7 Å². The number of fused-ring (bicyclic) bond motifs is 1. The highest BCUT2D eigenvalue weighted by molar-refractivity contribution is 7.99. The van der Waals surface area contributed by atoms with Crippen molar-refractivity contribution in [2.24, 2.45) is 0 Å². The van der Waals surface area contributed by atoms with Crippen LogP contribution in [0.25, 0.3) is 16.5 Å². The molecule has 184 valence electrons. The van der Waals surface area contributed by atoms with Crippen LogP contribution >= 0.6 is 11.8 Å². The van der Waals surface area contributed by atoms with Gasteiger partial charge in [-0.05, 0) is 41.1 Å². The molecule has 0 aliphatic heterocycles. The zero-order valence-corrected chi connectivity index (χ0v) is 20.4. The van der Waals surface area contributed by atoms with E-state index in [0.717, 1.165) is 16.5 Å². The Morgan fingerprint density at radius 1 is 0.838 bits per heavy atom. The Balaban J connectivity index is 1.33. The van der Waals surface area contributed by atoms with E-state index in [1.165, 1.54) is 23.9 Å². The van der Waals surface area contributed by atoms with Gasteiger partial charge in [0.05, 0.1) is 18.0 Å². The van der Waals surface area contributed by atoms with Crippen LogP contribution in [0.5, 0.6) is 0 Å². The predicted octanol–water partition coefficient (Wildman–Crippen LogP) is 5.22. The largest absolute Gasteiger partial charge is 0.345 e. The van der Waals surface area contributed by atoms with Gasteiger partial charge in [-0.1, -0.05) is 78.5 Å². The van der Waals surface area contributed by atoms with Crippen molar-refractivity contribution >= 4 is 40.0 Å². The number of aromatic nitrogens is 3. The number of thioether (sulfide) groups is 1. The zero-order chi connectivity index (χ0) is 25.6. The van der Waals surface area contributed by atoms with Crippen molar-refractivity contribution in [3.63, 3.8) is 0 Å². The lowest BCUT2D eigenvalue weighted by Gasteiger charge is -2.12. The molecular weight excluding hydrogens is 489 g/mol. The Morgan fingerprint density at radius 3 is 2.41 bits per heavy atom. The highest BCUT2D eigenvalue weighted by atomic mass is 32.2. The van der Waals surface area contributed by atoms with Crippen molar-refractivity contribution in [2.75, 3.05) is 11.1 Å². The summed E-state index contributed by atoms with van der Waals surface area (Å²) in [6.07, 6.45) is 0. The lowest BCUT2D eigenvalue weighted by Crippen LogP contribution is -2.25. The molecule has 5 aromatic rings. The first-order valence-electron chi connectivity index (χ1n) is 11.5. The van der Waals surface area contributed by atoms with Crippen LogP contribution in [0.3, 0.4) is 0 Å². The summed E-state index contributed by atoms with van der Waals surface area (Å²) in [6.45, 7) is 0.131. The lowest BCUT2D eigenvalue weighted by atomic mass is 10.0. The molecule has 0 fully saturated rings. The van der Waals surface area contributed by atoms with Crippen molar-refractivity contribution in [3.05, 3.63) is 114 Å². The summed E-state index contributed by atoms with van der Waals surface area (Å²) in [5.41, 5.74) is 1.48. The molecule has 2 N–H and O–H groups in total.